The van der Waals surface area contributed by atoms with Crippen LogP contribution in [0.15, 0.2) is 0 Å². The van der Waals surface area contributed by atoms with Crippen molar-refractivity contribution in [2.45, 2.75) is 32.2 Å². The molecule has 15 heavy (non-hydrogen) atoms. The fourth-order valence-electron chi connectivity index (χ4n) is 2.86. The molecule has 2 rings (SSSR count). The first-order chi connectivity index (χ1) is 7.42. The predicted molar refractivity (Wildman–Crippen MR) is 59.9 cm³/mol. The van der Waals surface area contributed by atoms with Gasteiger partial charge in [0.15, 0.2) is 0 Å². The van der Waals surface area contributed by atoms with E-state index in [9.17, 15) is 0 Å². The summed E-state index contributed by atoms with van der Waals surface area (Å²) < 4.78 is 10.9. The van der Waals surface area contributed by atoms with Crippen molar-refractivity contribution in [3.8, 4) is 0 Å². The van der Waals surface area contributed by atoms with Crippen molar-refractivity contribution < 1.29 is 9.47 Å². The Morgan fingerprint density at radius 1 is 1.07 bits per heavy atom. The first-order valence-electron chi connectivity index (χ1n) is 6.30. The Labute approximate surface area is 92.5 Å². The molecule has 2 unspecified atom stereocenters. The Kier molecular flexibility index (Phi) is 4.42. The maximum absolute atomic E-state index is 5.50. The van der Waals surface area contributed by atoms with E-state index in [4.69, 9.17) is 9.47 Å². The largest absolute Gasteiger partial charge is 0.381 e. The van der Waals surface area contributed by atoms with Gasteiger partial charge in [-0.1, -0.05) is 6.92 Å². The third kappa shape index (κ3) is 2.92. The highest BCUT2D eigenvalue weighted by Gasteiger charge is 2.32. The highest BCUT2D eigenvalue weighted by molar-refractivity contribution is 4.86. The van der Waals surface area contributed by atoms with E-state index in [1.807, 2.05) is 0 Å². The summed E-state index contributed by atoms with van der Waals surface area (Å²) in [5.41, 5.74) is 0. The summed E-state index contributed by atoms with van der Waals surface area (Å²) in [6.07, 6.45) is 3.66. The predicted octanol–water partition coefficient (Wildman–Crippen LogP) is 1.43. The SMILES string of the molecule is CCNC(C1CCOCC1)C1CCOC1. The summed E-state index contributed by atoms with van der Waals surface area (Å²) in [5, 5.41) is 3.66. The van der Waals surface area contributed by atoms with Gasteiger partial charge in [-0.3, -0.25) is 0 Å². The van der Waals surface area contributed by atoms with E-state index in [1.165, 1.54) is 19.3 Å². The molecule has 0 amide bonds. The molecule has 0 saturated carbocycles. The first-order valence-corrected chi connectivity index (χ1v) is 6.30. The van der Waals surface area contributed by atoms with Crippen molar-refractivity contribution in [1.29, 1.82) is 0 Å². The number of hydrogen-bond acceptors (Lipinski definition) is 3. The topological polar surface area (TPSA) is 30.5 Å². The minimum atomic E-state index is 0.654. The van der Waals surface area contributed by atoms with Crippen LogP contribution in [0.1, 0.15) is 26.2 Å². The van der Waals surface area contributed by atoms with Gasteiger partial charge in [-0.05, 0) is 31.7 Å². The van der Waals surface area contributed by atoms with E-state index in [1.54, 1.807) is 0 Å². The third-order valence-electron chi connectivity index (χ3n) is 3.69. The van der Waals surface area contributed by atoms with Gasteiger partial charge in [0.1, 0.15) is 0 Å². The number of nitrogens with one attached hydrogen (secondary N) is 1. The summed E-state index contributed by atoms with van der Waals surface area (Å²) in [5.74, 6) is 1.53. The van der Waals surface area contributed by atoms with Gasteiger partial charge < -0.3 is 14.8 Å². The maximum Gasteiger partial charge on any atom is 0.0510 e. The van der Waals surface area contributed by atoms with Crippen molar-refractivity contribution in [3.63, 3.8) is 0 Å². The first kappa shape index (κ1) is 11.4. The van der Waals surface area contributed by atoms with Crippen molar-refractivity contribution >= 4 is 0 Å². The lowest BCUT2D eigenvalue weighted by atomic mass is 9.83. The van der Waals surface area contributed by atoms with Crippen LogP contribution in [0.25, 0.3) is 0 Å². The standard InChI is InChI=1S/C12H23NO2/c1-2-13-12(11-5-8-15-9-11)10-3-6-14-7-4-10/h10-13H,2-9H2,1H3. The molecule has 0 spiro atoms. The van der Waals surface area contributed by atoms with Crippen LogP contribution < -0.4 is 5.32 Å². The van der Waals surface area contributed by atoms with E-state index in [-0.39, 0.29) is 0 Å². The van der Waals surface area contributed by atoms with Gasteiger partial charge in [-0.25, -0.2) is 0 Å². The van der Waals surface area contributed by atoms with Gasteiger partial charge in [-0.2, -0.15) is 0 Å². The fourth-order valence-corrected chi connectivity index (χ4v) is 2.86. The van der Waals surface area contributed by atoms with Crippen molar-refractivity contribution in [2.75, 3.05) is 33.0 Å². The summed E-state index contributed by atoms with van der Waals surface area (Å²) in [6, 6.07) is 0.654. The highest BCUT2D eigenvalue weighted by atomic mass is 16.5. The summed E-state index contributed by atoms with van der Waals surface area (Å²) in [4.78, 5) is 0. The molecule has 2 heterocycles. The van der Waals surface area contributed by atoms with Crippen LogP contribution in [0.4, 0.5) is 0 Å². The molecule has 0 bridgehead atoms. The lowest BCUT2D eigenvalue weighted by Crippen LogP contribution is -2.44. The molecule has 2 saturated heterocycles. The van der Waals surface area contributed by atoms with Crippen LogP contribution in [-0.4, -0.2) is 39.0 Å². The molecule has 0 radical (unpaired) electrons. The van der Waals surface area contributed by atoms with Gasteiger partial charge >= 0.3 is 0 Å². The second-order valence-electron chi connectivity index (χ2n) is 4.66. The van der Waals surface area contributed by atoms with Crippen molar-refractivity contribution in [1.82, 2.24) is 5.32 Å². The zero-order valence-electron chi connectivity index (χ0n) is 9.71. The van der Waals surface area contributed by atoms with Crippen LogP contribution in [0, 0.1) is 11.8 Å². The van der Waals surface area contributed by atoms with Gasteiger partial charge in [0.2, 0.25) is 0 Å². The second-order valence-corrected chi connectivity index (χ2v) is 4.66. The average molecular weight is 213 g/mol. The molecule has 0 aromatic carbocycles. The van der Waals surface area contributed by atoms with Crippen LogP contribution in [0.2, 0.25) is 0 Å². The normalized spacial score (nSPS) is 30.6. The quantitative estimate of drug-likeness (QED) is 0.766. The smallest absolute Gasteiger partial charge is 0.0510 e. The molecule has 2 fully saturated rings. The van der Waals surface area contributed by atoms with E-state index >= 15 is 0 Å². The molecule has 0 aliphatic carbocycles. The van der Waals surface area contributed by atoms with Gasteiger partial charge in [0.25, 0.3) is 0 Å². The highest BCUT2D eigenvalue weighted by Crippen LogP contribution is 2.28. The Hall–Kier alpha value is -0.120. The van der Waals surface area contributed by atoms with E-state index in [0.29, 0.717) is 6.04 Å². The van der Waals surface area contributed by atoms with Crippen LogP contribution in [0.3, 0.4) is 0 Å². The molecular weight excluding hydrogens is 190 g/mol. The van der Waals surface area contributed by atoms with Crippen LogP contribution in [0.5, 0.6) is 0 Å². The third-order valence-corrected chi connectivity index (χ3v) is 3.69. The fraction of sp³-hybridized carbons (Fsp3) is 1.00. The number of hydrogen-bond donors (Lipinski definition) is 1. The van der Waals surface area contributed by atoms with Gasteiger partial charge in [0, 0.05) is 31.8 Å². The minimum Gasteiger partial charge on any atom is -0.381 e. The molecule has 3 heteroatoms. The number of rotatable bonds is 4. The Balaban J connectivity index is 1.90. The molecule has 2 aliphatic rings. The maximum atomic E-state index is 5.50. The second kappa shape index (κ2) is 5.83. The van der Waals surface area contributed by atoms with Crippen molar-refractivity contribution in [3.05, 3.63) is 0 Å². The molecule has 2 atom stereocenters. The molecule has 3 nitrogen and oxygen atoms in total. The summed E-state index contributed by atoms with van der Waals surface area (Å²) in [6.45, 7) is 7.06. The molecule has 0 aromatic rings. The minimum absolute atomic E-state index is 0.654. The van der Waals surface area contributed by atoms with Crippen LogP contribution >= 0.6 is 0 Å². The van der Waals surface area contributed by atoms with Crippen molar-refractivity contribution in [2.24, 2.45) is 11.8 Å². The Morgan fingerprint density at radius 3 is 2.33 bits per heavy atom. The molecule has 0 aromatic heterocycles. The zero-order chi connectivity index (χ0) is 10.5. The van der Waals surface area contributed by atoms with Gasteiger partial charge in [0.05, 0.1) is 6.61 Å². The van der Waals surface area contributed by atoms with Gasteiger partial charge in [-0.15, -0.1) is 0 Å². The average Bonchev–Trinajstić information content (AvgIpc) is 2.80. The molecule has 2 aliphatic heterocycles. The summed E-state index contributed by atoms with van der Waals surface area (Å²) >= 11 is 0. The van der Waals surface area contributed by atoms with Crippen LogP contribution in [-0.2, 0) is 9.47 Å². The Bertz CT molecular complexity index is 174. The lowest BCUT2D eigenvalue weighted by Gasteiger charge is -2.34. The Morgan fingerprint density at radius 2 is 1.73 bits per heavy atom. The monoisotopic (exact) mass is 213 g/mol. The molecule has 1 N–H and O–H groups in total. The number of ether oxygens (including phenoxy) is 2. The van der Waals surface area contributed by atoms with E-state index < -0.39 is 0 Å². The molecular formula is C12H23NO2. The summed E-state index contributed by atoms with van der Waals surface area (Å²) in [7, 11) is 0. The lowest BCUT2D eigenvalue weighted by molar-refractivity contribution is 0.0430. The van der Waals surface area contributed by atoms with E-state index in [0.717, 1.165) is 44.8 Å². The van der Waals surface area contributed by atoms with E-state index in [2.05, 4.69) is 12.2 Å². The zero-order valence-corrected chi connectivity index (χ0v) is 9.71. The molecule has 88 valence electrons.